The third kappa shape index (κ3) is 3.35. The molecule has 1 aromatic heterocycles. The van der Waals surface area contributed by atoms with Gasteiger partial charge in [-0.05, 0) is 48.9 Å². The monoisotopic (exact) mass is 327 g/mol. The Morgan fingerprint density at radius 1 is 1.13 bits per heavy atom. The van der Waals surface area contributed by atoms with Gasteiger partial charge in [0.15, 0.2) is 0 Å². The largest absolute Gasteiger partial charge is 0.361 e. The van der Waals surface area contributed by atoms with Crippen LogP contribution in [0.15, 0.2) is 48.7 Å². The number of hydrogen-bond acceptors (Lipinski definition) is 2. The fourth-order valence-electron chi connectivity index (χ4n) is 2.31. The highest BCUT2D eigenvalue weighted by molar-refractivity contribution is 6.30. The number of carbonyl (C=O) groups excluding carboxylic acids is 2. The highest BCUT2D eigenvalue weighted by Crippen LogP contribution is 2.19. The average molecular weight is 328 g/mol. The lowest BCUT2D eigenvalue weighted by atomic mass is 10.1. The van der Waals surface area contributed by atoms with E-state index in [2.05, 4.69) is 15.6 Å². The van der Waals surface area contributed by atoms with Gasteiger partial charge in [-0.25, -0.2) is 4.79 Å². The number of anilines is 1. The zero-order chi connectivity index (χ0) is 16.4. The molecule has 5 nitrogen and oxygen atoms in total. The van der Waals surface area contributed by atoms with E-state index < -0.39 is 11.9 Å². The number of nitrogens with one attached hydrogen (secondary N) is 3. The summed E-state index contributed by atoms with van der Waals surface area (Å²) in [6.45, 7) is 1.95. The number of imide groups is 1. The lowest BCUT2D eigenvalue weighted by molar-refractivity contribution is 0.0967. The van der Waals surface area contributed by atoms with Crippen LogP contribution in [0, 0.1) is 6.92 Å². The zero-order valence-corrected chi connectivity index (χ0v) is 13.1. The molecule has 3 rings (SSSR count). The molecule has 0 atom stereocenters. The van der Waals surface area contributed by atoms with Gasteiger partial charge in [-0.1, -0.05) is 17.7 Å². The molecule has 0 saturated carbocycles. The molecule has 3 N–H and O–H groups in total. The van der Waals surface area contributed by atoms with E-state index in [-0.39, 0.29) is 0 Å². The Hall–Kier alpha value is -2.79. The summed E-state index contributed by atoms with van der Waals surface area (Å²) in [5.41, 5.74) is 2.92. The first-order chi connectivity index (χ1) is 11.0. The molecule has 6 heteroatoms. The normalized spacial score (nSPS) is 10.5. The molecule has 0 unspecified atom stereocenters. The van der Waals surface area contributed by atoms with Gasteiger partial charge in [0.25, 0.3) is 5.91 Å². The lowest BCUT2D eigenvalue weighted by Crippen LogP contribution is -2.34. The van der Waals surface area contributed by atoms with Crippen LogP contribution in [0.3, 0.4) is 0 Å². The van der Waals surface area contributed by atoms with Crippen molar-refractivity contribution >= 4 is 40.1 Å². The minimum atomic E-state index is -0.608. The van der Waals surface area contributed by atoms with Gasteiger partial charge >= 0.3 is 6.03 Å². The lowest BCUT2D eigenvalue weighted by Gasteiger charge is -2.07. The maximum atomic E-state index is 12.2. The van der Waals surface area contributed by atoms with E-state index in [1.54, 1.807) is 36.4 Å². The summed E-state index contributed by atoms with van der Waals surface area (Å²) in [7, 11) is 0. The molecule has 3 aromatic rings. The molecule has 0 radical (unpaired) electrons. The van der Waals surface area contributed by atoms with Crippen molar-refractivity contribution in [2.24, 2.45) is 0 Å². The number of fused-ring (bicyclic) bond motifs is 1. The molecule has 0 fully saturated rings. The Labute approximate surface area is 137 Å². The average Bonchev–Trinajstić information content (AvgIpc) is 2.88. The Morgan fingerprint density at radius 2 is 1.96 bits per heavy atom. The maximum absolute atomic E-state index is 12.2. The fourth-order valence-corrected chi connectivity index (χ4v) is 2.50. The van der Waals surface area contributed by atoms with Gasteiger partial charge in [-0.3, -0.25) is 10.1 Å². The van der Waals surface area contributed by atoms with Crippen LogP contribution >= 0.6 is 11.6 Å². The summed E-state index contributed by atoms with van der Waals surface area (Å²) in [5.74, 6) is -0.466. The number of carbonyl (C=O) groups is 2. The number of halogens is 1. The van der Waals surface area contributed by atoms with E-state index in [9.17, 15) is 9.59 Å². The number of hydrogen-bond donors (Lipinski definition) is 3. The Bertz CT molecular complexity index is 902. The summed E-state index contributed by atoms with van der Waals surface area (Å²) in [6, 6.07) is 11.3. The minimum absolute atomic E-state index is 0.418. The second kappa shape index (κ2) is 6.14. The molecule has 0 aliphatic heterocycles. The van der Waals surface area contributed by atoms with E-state index in [0.717, 1.165) is 16.5 Å². The molecule has 116 valence electrons. The molecule has 0 aliphatic carbocycles. The molecule has 1 heterocycles. The van der Waals surface area contributed by atoms with Crippen molar-refractivity contribution in [2.45, 2.75) is 6.92 Å². The van der Waals surface area contributed by atoms with Gasteiger partial charge in [0.2, 0.25) is 0 Å². The van der Waals surface area contributed by atoms with E-state index in [1.165, 1.54) is 0 Å². The molecule has 0 spiro atoms. The Balaban J connectivity index is 1.72. The van der Waals surface area contributed by atoms with Crippen molar-refractivity contribution < 1.29 is 9.59 Å². The molecule has 3 amide bonds. The van der Waals surface area contributed by atoms with E-state index >= 15 is 0 Å². The quantitative estimate of drug-likeness (QED) is 0.663. The predicted molar refractivity (Wildman–Crippen MR) is 91.0 cm³/mol. The summed E-state index contributed by atoms with van der Waals surface area (Å²) in [4.78, 5) is 27.2. The molecule has 0 saturated heterocycles. The van der Waals surface area contributed by atoms with Crippen LogP contribution in [0.2, 0.25) is 5.02 Å². The summed E-state index contributed by atoms with van der Waals surface area (Å²) in [6.07, 6.45) is 1.87. The van der Waals surface area contributed by atoms with Crippen LogP contribution in [0.1, 0.15) is 15.9 Å². The standard InChI is InChI=1S/C17H14ClN3O2/c1-10-9-19-15-6-5-11(7-14(10)15)16(22)21-17(23)20-13-4-2-3-12(18)8-13/h2-9,19H,1H3,(H2,20,21,22,23). The number of urea groups is 1. The van der Waals surface area contributed by atoms with E-state index in [0.29, 0.717) is 16.3 Å². The van der Waals surface area contributed by atoms with Crippen molar-refractivity contribution in [1.29, 1.82) is 0 Å². The molecular formula is C17H14ClN3O2. The van der Waals surface area contributed by atoms with Crippen LogP contribution in [0.5, 0.6) is 0 Å². The number of amides is 3. The topological polar surface area (TPSA) is 74.0 Å². The third-order valence-corrected chi connectivity index (χ3v) is 3.70. The second-order valence-corrected chi connectivity index (χ2v) is 5.59. The third-order valence-electron chi connectivity index (χ3n) is 3.46. The van der Waals surface area contributed by atoms with Crippen LogP contribution in [0.25, 0.3) is 10.9 Å². The Kier molecular flexibility index (Phi) is 4.04. The van der Waals surface area contributed by atoms with Crippen LogP contribution in [0.4, 0.5) is 10.5 Å². The first-order valence-electron chi connectivity index (χ1n) is 6.98. The number of aryl methyl sites for hydroxylation is 1. The van der Waals surface area contributed by atoms with Crippen LogP contribution < -0.4 is 10.6 Å². The first-order valence-corrected chi connectivity index (χ1v) is 7.36. The van der Waals surface area contributed by atoms with E-state index in [1.807, 2.05) is 19.2 Å². The number of benzene rings is 2. The minimum Gasteiger partial charge on any atom is -0.361 e. The van der Waals surface area contributed by atoms with Gasteiger partial charge in [0, 0.05) is 33.4 Å². The highest BCUT2D eigenvalue weighted by atomic mass is 35.5. The predicted octanol–water partition coefficient (Wildman–Crippen LogP) is 4.09. The van der Waals surface area contributed by atoms with Crippen molar-refractivity contribution in [3.63, 3.8) is 0 Å². The molecule has 0 aliphatic rings. The summed E-state index contributed by atoms with van der Waals surface area (Å²) < 4.78 is 0. The summed E-state index contributed by atoms with van der Waals surface area (Å²) in [5, 5.41) is 6.32. The zero-order valence-electron chi connectivity index (χ0n) is 12.3. The Morgan fingerprint density at radius 3 is 2.74 bits per heavy atom. The highest BCUT2D eigenvalue weighted by Gasteiger charge is 2.12. The second-order valence-electron chi connectivity index (χ2n) is 5.15. The van der Waals surface area contributed by atoms with Gasteiger partial charge in [0.1, 0.15) is 0 Å². The van der Waals surface area contributed by atoms with Crippen LogP contribution in [-0.4, -0.2) is 16.9 Å². The van der Waals surface area contributed by atoms with Crippen LogP contribution in [-0.2, 0) is 0 Å². The molecule has 23 heavy (non-hydrogen) atoms. The molecule has 0 bridgehead atoms. The summed E-state index contributed by atoms with van der Waals surface area (Å²) >= 11 is 5.85. The number of rotatable bonds is 2. The van der Waals surface area contributed by atoms with Gasteiger partial charge in [-0.2, -0.15) is 0 Å². The van der Waals surface area contributed by atoms with Crippen molar-refractivity contribution in [2.75, 3.05) is 5.32 Å². The fraction of sp³-hybridized carbons (Fsp3) is 0.0588. The first kappa shape index (κ1) is 15.1. The van der Waals surface area contributed by atoms with Crippen molar-refractivity contribution in [3.8, 4) is 0 Å². The van der Waals surface area contributed by atoms with Crippen molar-refractivity contribution in [1.82, 2.24) is 10.3 Å². The van der Waals surface area contributed by atoms with Gasteiger partial charge < -0.3 is 10.3 Å². The van der Waals surface area contributed by atoms with E-state index in [4.69, 9.17) is 11.6 Å². The van der Waals surface area contributed by atoms with Gasteiger partial charge in [0.05, 0.1) is 0 Å². The number of aromatic nitrogens is 1. The van der Waals surface area contributed by atoms with Crippen molar-refractivity contribution in [3.05, 3.63) is 64.8 Å². The molecule has 2 aromatic carbocycles. The smallest absolute Gasteiger partial charge is 0.326 e. The van der Waals surface area contributed by atoms with Gasteiger partial charge in [-0.15, -0.1) is 0 Å². The SMILES string of the molecule is Cc1c[nH]c2ccc(C(=O)NC(=O)Nc3cccc(Cl)c3)cc12. The molecular weight excluding hydrogens is 314 g/mol. The number of aromatic amines is 1. The number of H-pyrrole nitrogens is 1. The maximum Gasteiger partial charge on any atom is 0.326 e.